The van der Waals surface area contributed by atoms with E-state index in [1.54, 1.807) is 27.7 Å². The van der Waals surface area contributed by atoms with Crippen LogP contribution in [0.15, 0.2) is 18.2 Å². The minimum absolute atomic E-state index is 0.132. The van der Waals surface area contributed by atoms with Crippen molar-refractivity contribution in [2.75, 3.05) is 13.2 Å². The second-order valence-electron chi connectivity index (χ2n) is 10.9. The van der Waals surface area contributed by atoms with Crippen LogP contribution in [0.1, 0.15) is 99.0 Å². The van der Waals surface area contributed by atoms with Crippen molar-refractivity contribution in [1.29, 1.82) is 0 Å². The number of carbonyl (C=O) groups is 4. The summed E-state index contributed by atoms with van der Waals surface area (Å²) in [5.74, 6) is -1.82. The molecule has 12 nitrogen and oxygen atoms in total. The zero-order valence-electron chi connectivity index (χ0n) is 25.9. The smallest absolute Gasteiger partial charge is 0.477 e. The third-order valence-corrected chi connectivity index (χ3v) is 5.87. The van der Waals surface area contributed by atoms with Gasteiger partial charge in [-0.15, -0.1) is 0 Å². The maximum absolute atomic E-state index is 12.6. The Balaban J connectivity index is 3.36. The summed E-state index contributed by atoms with van der Waals surface area (Å²) in [5.41, 5.74) is -2.90. The molecule has 0 amide bonds. The molecule has 2 N–H and O–H groups in total. The Hall–Kier alpha value is -3.54. The number of unbranched alkanes of at least 4 members (excludes halogenated alkanes) is 4. The van der Waals surface area contributed by atoms with Gasteiger partial charge in [-0.2, -0.15) is 0 Å². The second-order valence-corrected chi connectivity index (χ2v) is 10.9. The average Bonchev–Trinajstić information content (AvgIpc) is 2.89. The Labute approximate surface area is 248 Å². The third kappa shape index (κ3) is 13.9. The molecule has 0 heterocycles. The van der Waals surface area contributed by atoms with Gasteiger partial charge < -0.3 is 33.5 Å². The van der Waals surface area contributed by atoms with Gasteiger partial charge in [-0.1, -0.05) is 52.5 Å². The second kappa shape index (κ2) is 18.1. The molecule has 0 radical (unpaired) electrons. The Morgan fingerprint density at radius 1 is 0.810 bits per heavy atom. The first-order valence-electron chi connectivity index (χ1n) is 14.5. The summed E-state index contributed by atoms with van der Waals surface area (Å²) in [6.45, 7) is 12.8. The number of carboxylic acid groups (broad SMARTS) is 1. The van der Waals surface area contributed by atoms with Crippen molar-refractivity contribution in [3.8, 4) is 11.5 Å². The number of hydrogen-bond donors (Lipinski definition) is 2. The average molecular weight is 598 g/mol. The fourth-order valence-corrected chi connectivity index (χ4v) is 3.58. The van der Waals surface area contributed by atoms with Crippen LogP contribution >= 0.6 is 0 Å². The summed E-state index contributed by atoms with van der Waals surface area (Å²) in [7, 11) is 0. The lowest BCUT2D eigenvalue weighted by atomic mass is 10.00. The fourth-order valence-electron chi connectivity index (χ4n) is 3.58. The molecule has 238 valence electrons. The maximum atomic E-state index is 12.6. The van der Waals surface area contributed by atoms with E-state index in [1.165, 1.54) is 18.2 Å². The van der Waals surface area contributed by atoms with Gasteiger partial charge in [0, 0.05) is 12.5 Å². The van der Waals surface area contributed by atoms with Crippen molar-refractivity contribution in [3.05, 3.63) is 23.8 Å². The van der Waals surface area contributed by atoms with E-state index in [4.69, 9.17) is 28.4 Å². The van der Waals surface area contributed by atoms with Gasteiger partial charge in [-0.25, -0.2) is 19.2 Å². The van der Waals surface area contributed by atoms with Crippen LogP contribution in [-0.4, -0.2) is 60.1 Å². The zero-order chi connectivity index (χ0) is 31.8. The number of nitrogens with one attached hydrogen (secondary N) is 1. The molecule has 0 aliphatic carbocycles. The minimum atomic E-state index is -2.24. The Kier molecular flexibility index (Phi) is 15.7. The van der Waals surface area contributed by atoms with Gasteiger partial charge in [0.05, 0.1) is 13.2 Å². The van der Waals surface area contributed by atoms with Crippen molar-refractivity contribution in [2.45, 2.75) is 117 Å². The molecule has 0 aliphatic heterocycles. The summed E-state index contributed by atoms with van der Waals surface area (Å²) in [6, 6.07) is 3.71. The molecular formula is C30H47NO11. The molecule has 1 unspecified atom stereocenters. The summed E-state index contributed by atoms with van der Waals surface area (Å²) >= 11 is 0. The van der Waals surface area contributed by atoms with Gasteiger partial charge >= 0.3 is 24.4 Å². The Bertz CT molecular complexity index is 1020. The predicted molar refractivity (Wildman–Crippen MR) is 154 cm³/mol. The summed E-state index contributed by atoms with van der Waals surface area (Å²) in [5, 5.41) is 13.1. The highest BCUT2D eigenvalue weighted by Gasteiger charge is 2.45. The topological polar surface area (TPSA) is 156 Å². The first kappa shape index (κ1) is 36.5. The van der Waals surface area contributed by atoms with E-state index in [0.717, 1.165) is 25.7 Å². The lowest BCUT2D eigenvalue weighted by molar-refractivity contribution is -0.169. The predicted octanol–water partition coefficient (Wildman–Crippen LogP) is 6.76. The quantitative estimate of drug-likeness (QED) is 0.0640. The van der Waals surface area contributed by atoms with Crippen LogP contribution in [0.2, 0.25) is 0 Å². The molecule has 1 rings (SSSR count). The highest BCUT2D eigenvalue weighted by Crippen LogP contribution is 2.32. The summed E-state index contributed by atoms with van der Waals surface area (Å²) in [4.78, 5) is 49.9. The molecule has 12 heteroatoms. The van der Waals surface area contributed by atoms with E-state index in [-0.39, 0.29) is 36.3 Å². The normalized spacial score (nSPS) is 13.3. The fraction of sp³-hybridized carbons (Fsp3) is 0.667. The number of ether oxygens (including phenoxy) is 6. The van der Waals surface area contributed by atoms with Crippen LogP contribution in [0, 0.1) is 0 Å². The molecule has 1 aromatic carbocycles. The zero-order valence-corrected chi connectivity index (χ0v) is 25.9. The van der Waals surface area contributed by atoms with Gasteiger partial charge in [0.2, 0.25) is 0 Å². The number of carboxylic acids is 1. The van der Waals surface area contributed by atoms with Crippen LogP contribution < -0.4 is 14.8 Å². The number of aliphatic carboxylic acids is 1. The monoisotopic (exact) mass is 597 g/mol. The molecule has 0 saturated carbocycles. The SMILES string of the molecule is CCCCCOC(=O)Oc1ccc(C[C@](NC(C)CC)(OC(=O)OC(C)(C)C)C(=O)O)cc1OC(=O)OCCCCC. The van der Waals surface area contributed by atoms with E-state index >= 15 is 0 Å². The molecule has 42 heavy (non-hydrogen) atoms. The standard InChI is InChI=1S/C30H47NO11/c1-8-11-13-17-37-26(34)39-23-16-15-22(19-24(23)40-27(35)38-18-14-12-9-2)20-30(25(32)33,31-21(4)10-3)42-28(36)41-29(5,6)7/h15-16,19,21,31H,8-14,17-18,20H2,1-7H3,(H,32,33)/t21?,30-/m0/s1. The number of hydrogen-bond acceptors (Lipinski definition) is 11. The van der Waals surface area contributed by atoms with Crippen LogP contribution in [0.5, 0.6) is 11.5 Å². The van der Waals surface area contributed by atoms with Crippen LogP contribution in [0.4, 0.5) is 14.4 Å². The van der Waals surface area contributed by atoms with Crippen molar-refractivity contribution in [2.24, 2.45) is 0 Å². The van der Waals surface area contributed by atoms with E-state index in [0.29, 0.717) is 19.3 Å². The van der Waals surface area contributed by atoms with E-state index in [2.05, 4.69) is 5.32 Å². The first-order valence-corrected chi connectivity index (χ1v) is 14.5. The summed E-state index contributed by atoms with van der Waals surface area (Å²) in [6.07, 6.45) is 1.84. The Morgan fingerprint density at radius 3 is 1.83 bits per heavy atom. The van der Waals surface area contributed by atoms with Crippen molar-refractivity contribution in [1.82, 2.24) is 5.32 Å². The number of benzene rings is 1. The molecule has 0 spiro atoms. The molecule has 0 saturated heterocycles. The molecule has 0 aromatic heterocycles. The Morgan fingerprint density at radius 2 is 1.36 bits per heavy atom. The largest absolute Gasteiger partial charge is 0.513 e. The third-order valence-electron chi connectivity index (χ3n) is 5.87. The van der Waals surface area contributed by atoms with Gasteiger partial charge in [0.1, 0.15) is 5.60 Å². The first-order chi connectivity index (χ1) is 19.7. The molecular weight excluding hydrogens is 550 g/mol. The number of rotatable bonds is 17. The van der Waals surface area contributed by atoms with Crippen LogP contribution in [-0.2, 0) is 30.2 Å². The van der Waals surface area contributed by atoms with Gasteiger partial charge in [0.25, 0.3) is 5.72 Å². The lowest BCUT2D eigenvalue weighted by Gasteiger charge is -2.33. The maximum Gasteiger partial charge on any atom is 0.513 e. The van der Waals surface area contributed by atoms with E-state index < -0.39 is 42.2 Å². The lowest BCUT2D eigenvalue weighted by Crippen LogP contribution is -2.60. The van der Waals surface area contributed by atoms with Gasteiger partial charge in [-0.3, -0.25) is 5.32 Å². The highest BCUT2D eigenvalue weighted by molar-refractivity contribution is 5.80. The molecule has 1 aromatic rings. The highest BCUT2D eigenvalue weighted by atomic mass is 16.8. The summed E-state index contributed by atoms with van der Waals surface area (Å²) < 4.78 is 31.4. The van der Waals surface area contributed by atoms with Crippen LogP contribution in [0.25, 0.3) is 0 Å². The molecule has 0 aliphatic rings. The van der Waals surface area contributed by atoms with Crippen LogP contribution in [0.3, 0.4) is 0 Å². The van der Waals surface area contributed by atoms with E-state index in [1.807, 2.05) is 20.8 Å². The van der Waals surface area contributed by atoms with Crippen molar-refractivity contribution in [3.63, 3.8) is 0 Å². The van der Waals surface area contributed by atoms with Crippen molar-refractivity contribution >= 4 is 24.4 Å². The molecule has 0 fully saturated rings. The van der Waals surface area contributed by atoms with Gasteiger partial charge in [0.15, 0.2) is 11.5 Å². The van der Waals surface area contributed by atoms with E-state index in [9.17, 15) is 24.3 Å². The molecule has 0 bridgehead atoms. The van der Waals surface area contributed by atoms with Gasteiger partial charge in [-0.05, 0) is 64.7 Å². The number of carbonyl (C=O) groups excluding carboxylic acids is 3. The molecule has 2 atom stereocenters. The van der Waals surface area contributed by atoms with Crippen molar-refractivity contribution < 1.29 is 52.7 Å². The minimum Gasteiger partial charge on any atom is -0.477 e.